The highest BCUT2D eigenvalue weighted by atomic mass is 16.2. The van der Waals surface area contributed by atoms with E-state index in [2.05, 4.69) is 21.9 Å². The van der Waals surface area contributed by atoms with E-state index in [4.69, 9.17) is 0 Å². The minimum atomic E-state index is -0.829. The number of carbonyl (C=O) groups excluding carboxylic acids is 2. The zero-order valence-corrected chi connectivity index (χ0v) is 14.9. The number of nitrogens with one attached hydrogen (secondary N) is 2. The smallest absolute Gasteiger partial charge is 0.318 e. The summed E-state index contributed by atoms with van der Waals surface area (Å²) in [6.45, 7) is 0. The quantitative estimate of drug-likeness (QED) is 0.248. The molecule has 0 heterocycles. The molecule has 0 unspecified atom stereocenters. The van der Waals surface area contributed by atoms with Crippen LogP contribution in [0.2, 0.25) is 0 Å². The van der Waals surface area contributed by atoms with Crippen molar-refractivity contribution in [3.05, 3.63) is 90.5 Å². The van der Waals surface area contributed by atoms with Crippen LogP contribution in [0.5, 0.6) is 0 Å². The van der Waals surface area contributed by atoms with E-state index in [1.54, 1.807) is 30.5 Å². The summed E-state index contributed by atoms with van der Waals surface area (Å²) in [5, 5.41) is 10.7. The number of hydrazone groups is 1. The molecule has 0 aliphatic rings. The number of fused-ring (bicyclic) bond motifs is 2. The lowest BCUT2D eigenvalue weighted by Crippen LogP contribution is -2.32. The van der Waals surface area contributed by atoms with Crippen LogP contribution < -0.4 is 10.7 Å². The minimum absolute atomic E-state index is 0.548. The van der Waals surface area contributed by atoms with Gasteiger partial charge in [0.25, 0.3) is 0 Å². The highest BCUT2D eigenvalue weighted by Crippen LogP contribution is 2.27. The number of carbonyl (C=O) groups is 2. The van der Waals surface area contributed by atoms with E-state index in [0.717, 1.165) is 27.1 Å². The third-order valence-corrected chi connectivity index (χ3v) is 4.41. The molecule has 0 aliphatic carbocycles. The van der Waals surface area contributed by atoms with Crippen molar-refractivity contribution in [3.8, 4) is 0 Å². The molecule has 0 radical (unpaired) electrons. The molecule has 0 atom stereocenters. The zero-order valence-electron chi connectivity index (χ0n) is 14.9. The summed E-state index contributed by atoms with van der Waals surface area (Å²) in [5.41, 5.74) is 3.73. The monoisotopic (exact) mass is 367 g/mol. The van der Waals surface area contributed by atoms with E-state index in [-0.39, 0.29) is 0 Å². The normalized spacial score (nSPS) is 11.0. The van der Waals surface area contributed by atoms with Crippen LogP contribution in [-0.4, -0.2) is 18.0 Å². The van der Waals surface area contributed by atoms with Crippen molar-refractivity contribution >= 4 is 45.3 Å². The van der Waals surface area contributed by atoms with Crippen molar-refractivity contribution in [2.45, 2.75) is 0 Å². The van der Waals surface area contributed by atoms with Crippen molar-refractivity contribution in [2.75, 3.05) is 5.32 Å². The first kappa shape index (κ1) is 17.4. The van der Waals surface area contributed by atoms with E-state index in [1.165, 1.54) is 0 Å². The van der Waals surface area contributed by atoms with Gasteiger partial charge in [-0.3, -0.25) is 9.59 Å². The molecule has 0 aromatic heterocycles. The Morgan fingerprint density at radius 2 is 1.29 bits per heavy atom. The number of rotatable bonds is 3. The topological polar surface area (TPSA) is 70.6 Å². The summed E-state index contributed by atoms with van der Waals surface area (Å²) in [6.07, 6.45) is 1.58. The highest BCUT2D eigenvalue weighted by molar-refractivity contribution is 6.39. The largest absolute Gasteiger partial charge is 0.329 e. The Bertz CT molecular complexity index is 1150. The van der Waals surface area contributed by atoms with Crippen LogP contribution in [-0.2, 0) is 9.59 Å². The summed E-state index contributed by atoms with van der Waals surface area (Å²) in [4.78, 5) is 24.0. The Labute approximate surface area is 161 Å². The second kappa shape index (κ2) is 7.72. The number of anilines is 1. The Balaban J connectivity index is 1.58. The predicted molar refractivity (Wildman–Crippen MR) is 112 cm³/mol. The van der Waals surface area contributed by atoms with E-state index >= 15 is 0 Å². The van der Waals surface area contributed by atoms with Crippen LogP contribution in [0, 0.1) is 0 Å². The Kier molecular flexibility index (Phi) is 4.80. The van der Waals surface area contributed by atoms with Crippen molar-refractivity contribution in [1.82, 2.24) is 5.43 Å². The van der Waals surface area contributed by atoms with Gasteiger partial charge in [0.05, 0.1) is 6.21 Å². The Morgan fingerprint density at radius 3 is 1.93 bits per heavy atom. The first-order chi connectivity index (χ1) is 13.7. The van der Waals surface area contributed by atoms with Crippen LogP contribution in [0.1, 0.15) is 5.56 Å². The van der Waals surface area contributed by atoms with Gasteiger partial charge in [0, 0.05) is 11.3 Å². The second-order valence-corrected chi connectivity index (χ2v) is 6.25. The van der Waals surface area contributed by atoms with Crippen molar-refractivity contribution in [2.24, 2.45) is 5.10 Å². The maximum atomic E-state index is 12.0. The molecule has 4 aromatic carbocycles. The molecule has 2 N–H and O–H groups in total. The van der Waals surface area contributed by atoms with E-state index in [9.17, 15) is 9.59 Å². The summed E-state index contributed by atoms with van der Waals surface area (Å²) < 4.78 is 0. The molecular formula is C23H17N3O2. The molecule has 136 valence electrons. The zero-order chi connectivity index (χ0) is 19.3. The lowest BCUT2D eigenvalue weighted by Gasteiger charge is -2.08. The first-order valence-electron chi connectivity index (χ1n) is 8.82. The average molecular weight is 367 g/mol. The molecule has 4 aromatic rings. The van der Waals surface area contributed by atoms with Gasteiger partial charge in [-0.15, -0.1) is 0 Å². The van der Waals surface area contributed by atoms with Gasteiger partial charge in [-0.2, -0.15) is 5.10 Å². The van der Waals surface area contributed by atoms with Crippen LogP contribution in [0.25, 0.3) is 21.5 Å². The lowest BCUT2D eigenvalue weighted by atomic mass is 9.97. The second-order valence-electron chi connectivity index (χ2n) is 6.25. The van der Waals surface area contributed by atoms with Gasteiger partial charge in [0.2, 0.25) is 0 Å². The molecule has 0 saturated heterocycles. The molecule has 0 saturated carbocycles. The van der Waals surface area contributed by atoms with E-state index in [0.29, 0.717) is 5.69 Å². The molecule has 0 aliphatic heterocycles. The van der Waals surface area contributed by atoms with E-state index in [1.807, 2.05) is 54.6 Å². The molecule has 0 spiro atoms. The van der Waals surface area contributed by atoms with Gasteiger partial charge in [-0.1, -0.05) is 66.7 Å². The molecule has 5 nitrogen and oxygen atoms in total. The van der Waals surface area contributed by atoms with Crippen molar-refractivity contribution in [1.29, 1.82) is 0 Å². The van der Waals surface area contributed by atoms with Gasteiger partial charge in [0.15, 0.2) is 0 Å². The molecule has 0 bridgehead atoms. The third-order valence-electron chi connectivity index (χ3n) is 4.41. The van der Waals surface area contributed by atoms with Crippen LogP contribution in [0.3, 0.4) is 0 Å². The summed E-state index contributed by atoms with van der Waals surface area (Å²) >= 11 is 0. The Hall–Kier alpha value is -3.99. The molecule has 5 heteroatoms. The van der Waals surface area contributed by atoms with Crippen molar-refractivity contribution in [3.63, 3.8) is 0 Å². The molecule has 28 heavy (non-hydrogen) atoms. The summed E-state index contributed by atoms with van der Waals surface area (Å²) in [7, 11) is 0. The number of hydrogen-bond acceptors (Lipinski definition) is 3. The molecule has 0 fully saturated rings. The van der Waals surface area contributed by atoms with Gasteiger partial charge < -0.3 is 5.32 Å². The highest BCUT2D eigenvalue weighted by Gasteiger charge is 2.12. The minimum Gasteiger partial charge on any atom is -0.318 e. The Morgan fingerprint density at radius 1 is 0.714 bits per heavy atom. The maximum Gasteiger partial charge on any atom is 0.329 e. The number of hydrogen-bond donors (Lipinski definition) is 2. The maximum absolute atomic E-state index is 12.0. The summed E-state index contributed by atoms with van der Waals surface area (Å²) in [5.74, 6) is -1.60. The fourth-order valence-electron chi connectivity index (χ4n) is 3.10. The van der Waals surface area contributed by atoms with Gasteiger partial charge in [-0.05, 0) is 39.7 Å². The van der Waals surface area contributed by atoms with Gasteiger partial charge >= 0.3 is 11.8 Å². The fraction of sp³-hybridized carbons (Fsp3) is 0. The molecular weight excluding hydrogens is 350 g/mol. The third kappa shape index (κ3) is 3.59. The van der Waals surface area contributed by atoms with Crippen LogP contribution >= 0.6 is 0 Å². The van der Waals surface area contributed by atoms with Gasteiger partial charge in [0.1, 0.15) is 0 Å². The predicted octanol–water partition coefficient (Wildman–Crippen LogP) is 4.08. The first-order valence-corrected chi connectivity index (χ1v) is 8.82. The number of benzene rings is 4. The molecule has 2 amide bonds. The number of amides is 2. The SMILES string of the molecule is O=C(NN=Cc1c2ccccc2cc2ccccc12)C(=O)Nc1ccccc1. The molecule has 4 rings (SSSR count). The number of nitrogens with zero attached hydrogens (tertiary/aromatic N) is 1. The fourth-order valence-corrected chi connectivity index (χ4v) is 3.10. The van der Waals surface area contributed by atoms with Crippen molar-refractivity contribution < 1.29 is 9.59 Å². The van der Waals surface area contributed by atoms with Gasteiger partial charge in [-0.25, -0.2) is 5.43 Å². The van der Waals surface area contributed by atoms with Crippen LogP contribution in [0.4, 0.5) is 5.69 Å². The van der Waals surface area contributed by atoms with E-state index < -0.39 is 11.8 Å². The lowest BCUT2D eigenvalue weighted by molar-refractivity contribution is -0.136. The average Bonchev–Trinajstić information content (AvgIpc) is 2.73. The van der Waals surface area contributed by atoms with Crippen LogP contribution in [0.15, 0.2) is 90.0 Å². The standard InChI is InChI=1S/C23H17N3O2/c27-22(25-18-10-2-1-3-11-18)23(28)26-24-15-21-19-12-6-4-8-16(19)14-17-9-5-7-13-20(17)21/h1-15H,(H,25,27)(H,26,28). The summed E-state index contributed by atoms with van der Waals surface area (Å²) in [6, 6.07) is 26.9. The number of para-hydroxylation sites is 1.